The minimum atomic E-state index is -0.0156. The maximum atomic E-state index is 12.0. The van der Waals surface area contributed by atoms with Crippen molar-refractivity contribution in [2.75, 3.05) is 12.4 Å². The lowest BCUT2D eigenvalue weighted by Crippen LogP contribution is -2.23. The molecule has 0 radical (unpaired) electrons. The van der Waals surface area contributed by atoms with Crippen molar-refractivity contribution >= 4 is 23.2 Å². The van der Waals surface area contributed by atoms with Crippen molar-refractivity contribution < 1.29 is 9.53 Å². The zero-order valence-electron chi connectivity index (χ0n) is 10.3. The van der Waals surface area contributed by atoms with Gasteiger partial charge in [-0.2, -0.15) is 0 Å². The van der Waals surface area contributed by atoms with Crippen molar-refractivity contribution in [2.45, 2.75) is 25.3 Å². The molecule has 0 aromatic heterocycles. The van der Waals surface area contributed by atoms with Crippen LogP contribution in [0.3, 0.4) is 0 Å². The third-order valence-electron chi connectivity index (χ3n) is 3.28. The first kappa shape index (κ1) is 13.2. The van der Waals surface area contributed by atoms with Gasteiger partial charge in [0.15, 0.2) is 0 Å². The van der Waals surface area contributed by atoms with Gasteiger partial charge in [-0.1, -0.05) is 11.6 Å². The van der Waals surface area contributed by atoms with Gasteiger partial charge in [-0.3, -0.25) is 4.79 Å². The molecule has 1 aliphatic carbocycles. The molecule has 1 aliphatic rings. The van der Waals surface area contributed by atoms with E-state index >= 15 is 0 Å². The third-order valence-corrected chi connectivity index (χ3v) is 3.60. The van der Waals surface area contributed by atoms with Crippen LogP contribution in [0.2, 0.25) is 5.02 Å². The normalized spacial score (nSPS) is 22.8. The quantitative estimate of drug-likeness (QED) is 0.885. The number of hydrogen-bond acceptors (Lipinski definition) is 3. The highest BCUT2D eigenvalue weighted by atomic mass is 35.5. The number of rotatable bonds is 3. The van der Waals surface area contributed by atoms with Crippen LogP contribution in [0.15, 0.2) is 18.2 Å². The van der Waals surface area contributed by atoms with Gasteiger partial charge in [-0.15, -0.1) is 0 Å². The summed E-state index contributed by atoms with van der Waals surface area (Å²) in [6.45, 7) is 0. The van der Waals surface area contributed by atoms with Crippen LogP contribution in [0.25, 0.3) is 0 Å². The molecule has 0 saturated heterocycles. The molecular formula is C13H17ClN2O2. The Balaban J connectivity index is 2.06. The Kier molecular flexibility index (Phi) is 4.09. The number of nitrogens with two attached hydrogens (primary N) is 1. The second kappa shape index (κ2) is 5.59. The topological polar surface area (TPSA) is 64.3 Å². The number of carbonyl (C=O) groups is 1. The summed E-state index contributed by atoms with van der Waals surface area (Å²) in [6, 6.07) is 5.32. The number of anilines is 1. The maximum Gasteiger partial charge on any atom is 0.227 e. The highest BCUT2D eigenvalue weighted by Gasteiger charge is 2.28. The fourth-order valence-corrected chi connectivity index (χ4v) is 2.38. The molecule has 0 aliphatic heterocycles. The fourth-order valence-electron chi connectivity index (χ4n) is 2.22. The van der Waals surface area contributed by atoms with Gasteiger partial charge in [-0.25, -0.2) is 0 Å². The van der Waals surface area contributed by atoms with Gasteiger partial charge < -0.3 is 15.8 Å². The molecule has 98 valence electrons. The van der Waals surface area contributed by atoms with E-state index in [-0.39, 0.29) is 17.9 Å². The molecule has 2 unspecified atom stereocenters. The first-order valence-corrected chi connectivity index (χ1v) is 6.38. The molecule has 2 atom stereocenters. The monoisotopic (exact) mass is 268 g/mol. The van der Waals surface area contributed by atoms with Crippen LogP contribution in [0.5, 0.6) is 5.75 Å². The standard InChI is InChI=1S/C13H17ClN2O2/c1-18-10-4-5-11(14)12(7-10)16-13(17)8-2-3-9(15)6-8/h4-5,7-9H,2-3,6,15H2,1H3,(H,16,17). The van der Waals surface area contributed by atoms with Crippen molar-refractivity contribution in [3.63, 3.8) is 0 Å². The molecule has 1 amide bonds. The van der Waals surface area contributed by atoms with E-state index in [1.807, 2.05) is 0 Å². The molecule has 2 rings (SSSR count). The van der Waals surface area contributed by atoms with Gasteiger partial charge in [0.2, 0.25) is 5.91 Å². The van der Waals surface area contributed by atoms with Crippen LogP contribution in [0.4, 0.5) is 5.69 Å². The molecule has 18 heavy (non-hydrogen) atoms. The smallest absolute Gasteiger partial charge is 0.227 e. The summed E-state index contributed by atoms with van der Waals surface area (Å²) in [4.78, 5) is 12.0. The maximum absolute atomic E-state index is 12.0. The van der Waals surface area contributed by atoms with Gasteiger partial charge >= 0.3 is 0 Å². The summed E-state index contributed by atoms with van der Waals surface area (Å²) in [5.74, 6) is 0.637. The lowest BCUT2D eigenvalue weighted by atomic mass is 10.1. The SMILES string of the molecule is COc1ccc(Cl)c(NC(=O)C2CCC(N)C2)c1. The predicted octanol–water partition coefficient (Wildman–Crippen LogP) is 2.41. The lowest BCUT2D eigenvalue weighted by molar-refractivity contribution is -0.119. The molecule has 4 nitrogen and oxygen atoms in total. The van der Waals surface area contributed by atoms with Crippen molar-refractivity contribution in [3.8, 4) is 5.75 Å². The molecule has 1 fully saturated rings. The van der Waals surface area contributed by atoms with Crippen LogP contribution in [-0.4, -0.2) is 19.1 Å². The number of benzene rings is 1. The first-order valence-electron chi connectivity index (χ1n) is 6.00. The van der Waals surface area contributed by atoms with Crippen LogP contribution >= 0.6 is 11.6 Å². The summed E-state index contributed by atoms with van der Waals surface area (Å²) < 4.78 is 5.10. The second-order valence-electron chi connectivity index (χ2n) is 4.61. The molecule has 0 bridgehead atoms. The van der Waals surface area contributed by atoms with E-state index in [9.17, 15) is 4.79 Å². The van der Waals surface area contributed by atoms with Gasteiger partial charge in [-0.05, 0) is 31.4 Å². The average molecular weight is 269 g/mol. The minimum absolute atomic E-state index is 0.0118. The van der Waals surface area contributed by atoms with E-state index in [1.165, 1.54) is 0 Å². The number of ether oxygens (including phenoxy) is 1. The highest BCUT2D eigenvalue weighted by Crippen LogP contribution is 2.29. The fraction of sp³-hybridized carbons (Fsp3) is 0.462. The predicted molar refractivity (Wildman–Crippen MR) is 72.0 cm³/mol. The Morgan fingerprint density at radius 1 is 1.50 bits per heavy atom. The molecular weight excluding hydrogens is 252 g/mol. The van der Waals surface area contributed by atoms with Crippen molar-refractivity contribution in [3.05, 3.63) is 23.2 Å². The van der Waals surface area contributed by atoms with Gasteiger partial charge in [0.05, 0.1) is 17.8 Å². The van der Waals surface area contributed by atoms with Gasteiger partial charge in [0, 0.05) is 18.0 Å². The summed E-state index contributed by atoms with van der Waals surface area (Å²) in [6.07, 6.45) is 2.49. The number of nitrogens with one attached hydrogen (secondary N) is 1. The van der Waals surface area contributed by atoms with E-state index in [1.54, 1.807) is 25.3 Å². The largest absolute Gasteiger partial charge is 0.497 e. The highest BCUT2D eigenvalue weighted by molar-refractivity contribution is 6.33. The molecule has 1 aromatic rings. The van der Waals surface area contributed by atoms with Crippen LogP contribution in [0, 0.1) is 5.92 Å². The van der Waals surface area contributed by atoms with Gasteiger partial charge in [0.1, 0.15) is 5.75 Å². The zero-order valence-corrected chi connectivity index (χ0v) is 11.0. The summed E-state index contributed by atoms with van der Waals surface area (Å²) in [7, 11) is 1.57. The minimum Gasteiger partial charge on any atom is -0.497 e. The van der Waals surface area contributed by atoms with E-state index in [0.717, 1.165) is 19.3 Å². The van der Waals surface area contributed by atoms with Gasteiger partial charge in [0.25, 0.3) is 0 Å². The number of methoxy groups -OCH3 is 1. The van der Waals surface area contributed by atoms with Crippen LogP contribution in [0.1, 0.15) is 19.3 Å². The summed E-state index contributed by atoms with van der Waals surface area (Å²) in [5, 5.41) is 3.35. The molecule has 0 heterocycles. The molecule has 3 N–H and O–H groups in total. The Morgan fingerprint density at radius 3 is 2.89 bits per heavy atom. The Bertz CT molecular complexity index is 451. The summed E-state index contributed by atoms with van der Waals surface area (Å²) >= 11 is 6.04. The molecule has 1 saturated carbocycles. The average Bonchev–Trinajstić information content (AvgIpc) is 2.79. The molecule has 1 aromatic carbocycles. The Hall–Kier alpha value is -1.26. The summed E-state index contributed by atoms with van der Waals surface area (Å²) in [5.41, 5.74) is 6.39. The van der Waals surface area contributed by atoms with E-state index in [2.05, 4.69) is 5.32 Å². The second-order valence-corrected chi connectivity index (χ2v) is 5.01. The Morgan fingerprint density at radius 2 is 2.28 bits per heavy atom. The Labute approximate surface area is 111 Å². The number of halogens is 1. The number of carbonyl (C=O) groups excluding carboxylic acids is 1. The zero-order chi connectivity index (χ0) is 13.1. The number of hydrogen-bond donors (Lipinski definition) is 2. The first-order chi connectivity index (χ1) is 8.60. The number of amides is 1. The van der Waals surface area contributed by atoms with Crippen molar-refractivity contribution in [1.82, 2.24) is 0 Å². The van der Waals surface area contributed by atoms with E-state index in [0.29, 0.717) is 16.5 Å². The van der Waals surface area contributed by atoms with Crippen molar-refractivity contribution in [1.29, 1.82) is 0 Å². The lowest BCUT2D eigenvalue weighted by Gasteiger charge is -2.12. The third kappa shape index (κ3) is 2.94. The van der Waals surface area contributed by atoms with E-state index in [4.69, 9.17) is 22.1 Å². The van der Waals surface area contributed by atoms with E-state index < -0.39 is 0 Å². The van der Waals surface area contributed by atoms with Crippen LogP contribution < -0.4 is 15.8 Å². The molecule has 0 spiro atoms. The van der Waals surface area contributed by atoms with Crippen molar-refractivity contribution in [2.24, 2.45) is 11.7 Å². The molecule has 5 heteroatoms. The van der Waals surface area contributed by atoms with Crippen LogP contribution in [-0.2, 0) is 4.79 Å².